The van der Waals surface area contributed by atoms with Crippen molar-refractivity contribution in [1.29, 1.82) is 0 Å². The molecule has 0 spiro atoms. The lowest BCUT2D eigenvalue weighted by Gasteiger charge is -2.07. The van der Waals surface area contributed by atoms with Gasteiger partial charge in [0.05, 0.1) is 0 Å². The molecule has 0 aromatic rings. The van der Waals surface area contributed by atoms with Gasteiger partial charge in [0.1, 0.15) is 12.5 Å². The van der Waals surface area contributed by atoms with E-state index in [1.165, 1.54) is 0 Å². The highest BCUT2D eigenvalue weighted by atomic mass is 16.5. The van der Waals surface area contributed by atoms with Gasteiger partial charge in [-0.2, -0.15) is 5.10 Å². The predicted octanol–water partition coefficient (Wildman–Crippen LogP) is -0.0861. The van der Waals surface area contributed by atoms with E-state index in [1.807, 2.05) is 0 Å². The van der Waals surface area contributed by atoms with Crippen LogP contribution in [0.2, 0.25) is 0 Å². The normalized spacial score (nSPS) is 19.6. The summed E-state index contributed by atoms with van der Waals surface area (Å²) in [5.41, 5.74) is 0. The van der Waals surface area contributed by atoms with Crippen molar-refractivity contribution in [3.63, 3.8) is 0 Å². The molecule has 0 saturated heterocycles. The molecule has 4 nitrogen and oxygen atoms in total. The Morgan fingerprint density at radius 2 is 2.38 bits per heavy atom. The second-order valence-electron chi connectivity index (χ2n) is 1.85. The number of hydroxylamine groups is 2. The van der Waals surface area contributed by atoms with Crippen molar-refractivity contribution in [1.82, 2.24) is 10.1 Å². The van der Waals surface area contributed by atoms with Crippen LogP contribution in [-0.4, -0.2) is 34.8 Å². The van der Waals surface area contributed by atoms with Gasteiger partial charge in [-0.25, -0.2) is 5.06 Å². The Labute approximate surface area is 48.0 Å². The van der Waals surface area contributed by atoms with E-state index in [4.69, 9.17) is 5.21 Å². The number of nitrogens with zero attached hydrogens (tertiary/aromatic N) is 3. The Hall–Kier alpha value is -0.770. The molecule has 0 aromatic heterocycles. The van der Waals surface area contributed by atoms with Gasteiger partial charge in [-0.3, -0.25) is 10.2 Å². The summed E-state index contributed by atoms with van der Waals surface area (Å²) in [4.78, 5) is 0. The van der Waals surface area contributed by atoms with E-state index in [2.05, 4.69) is 5.10 Å². The average molecular weight is 115 g/mol. The van der Waals surface area contributed by atoms with Crippen LogP contribution in [0.15, 0.2) is 5.10 Å². The van der Waals surface area contributed by atoms with Gasteiger partial charge in [0, 0.05) is 7.05 Å². The fraction of sp³-hybridized carbons (Fsp3) is 0.750. The zero-order valence-corrected chi connectivity index (χ0v) is 5.00. The molecule has 8 heavy (non-hydrogen) atoms. The first-order chi connectivity index (χ1) is 3.70. The van der Waals surface area contributed by atoms with E-state index < -0.39 is 0 Å². The first-order valence-electron chi connectivity index (χ1n) is 2.43. The smallest absolute Gasteiger partial charge is 0.147 e. The molecule has 0 saturated carbocycles. The van der Waals surface area contributed by atoms with Crippen LogP contribution in [0.5, 0.6) is 0 Å². The predicted molar refractivity (Wildman–Crippen MR) is 29.4 cm³/mol. The fourth-order valence-corrected chi connectivity index (χ4v) is 0.626. The monoisotopic (exact) mass is 115 g/mol. The van der Waals surface area contributed by atoms with Crippen LogP contribution in [0.4, 0.5) is 0 Å². The minimum atomic E-state index is 0.478. The van der Waals surface area contributed by atoms with Crippen molar-refractivity contribution in [2.24, 2.45) is 5.10 Å². The molecule has 1 rings (SSSR count). The minimum absolute atomic E-state index is 0.478. The quantitative estimate of drug-likeness (QED) is 0.479. The van der Waals surface area contributed by atoms with E-state index >= 15 is 0 Å². The third-order valence-corrected chi connectivity index (χ3v) is 1.03. The largest absolute Gasteiger partial charge is 0.285 e. The van der Waals surface area contributed by atoms with E-state index in [-0.39, 0.29) is 0 Å². The summed E-state index contributed by atoms with van der Waals surface area (Å²) < 4.78 is 0. The van der Waals surface area contributed by atoms with Gasteiger partial charge in [0.2, 0.25) is 0 Å². The molecule has 4 heteroatoms. The molecule has 1 N–H and O–H groups in total. The minimum Gasteiger partial charge on any atom is -0.285 e. The Bertz CT molecular complexity index is 122. The van der Waals surface area contributed by atoms with E-state index in [0.29, 0.717) is 12.5 Å². The van der Waals surface area contributed by atoms with Crippen LogP contribution in [0, 0.1) is 0 Å². The summed E-state index contributed by atoms with van der Waals surface area (Å²) in [7, 11) is 1.81. The topological polar surface area (TPSA) is 39.1 Å². The maximum atomic E-state index is 8.83. The molecule has 0 atom stereocenters. The molecular weight excluding hydrogens is 106 g/mol. The summed E-state index contributed by atoms with van der Waals surface area (Å²) in [5, 5.41) is 15.5. The van der Waals surface area contributed by atoms with Gasteiger partial charge in [-0.15, -0.1) is 0 Å². The maximum absolute atomic E-state index is 8.83. The summed E-state index contributed by atoms with van der Waals surface area (Å²) in [6.07, 6.45) is 0. The zero-order valence-electron chi connectivity index (χ0n) is 5.00. The standard InChI is InChI=1S/C4H9N3O/c1-4-5-6(2)3-7(4)8/h8H,3H2,1-2H3. The highest BCUT2D eigenvalue weighted by Gasteiger charge is 2.12. The van der Waals surface area contributed by atoms with Crippen LogP contribution in [0.25, 0.3) is 0 Å². The number of rotatable bonds is 0. The van der Waals surface area contributed by atoms with Gasteiger partial charge in [-0.05, 0) is 6.92 Å². The third-order valence-electron chi connectivity index (χ3n) is 1.03. The summed E-state index contributed by atoms with van der Waals surface area (Å²) in [5.74, 6) is 0.646. The summed E-state index contributed by atoms with van der Waals surface area (Å²) in [6, 6.07) is 0. The fourth-order valence-electron chi connectivity index (χ4n) is 0.626. The van der Waals surface area contributed by atoms with Crippen molar-refractivity contribution in [3.05, 3.63) is 0 Å². The van der Waals surface area contributed by atoms with Crippen molar-refractivity contribution in [2.45, 2.75) is 6.92 Å². The first-order valence-corrected chi connectivity index (χ1v) is 2.43. The van der Waals surface area contributed by atoms with Crippen LogP contribution in [0.1, 0.15) is 6.92 Å². The molecule has 46 valence electrons. The van der Waals surface area contributed by atoms with Crippen molar-refractivity contribution >= 4 is 5.84 Å². The summed E-state index contributed by atoms with van der Waals surface area (Å²) in [6.45, 7) is 2.23. The molecule has 0 bridgehead atoms. The maximum Gasteiger partial charge on any atom is 0.147 e. The SMILES string of the molecule is CC1=NN(C)CN1O. The second kappa shape index (κ2) is 1.63. The van der Waals surface area contributed by atoms with E-state index in [9.17, 15) is 0 Å². The van der Waals surface area contributed by atoms with Crippen LogP contribution >= 0.6 is 0 Å². The highest BCUT2D eigenvalue weighted by Crippen LogP contribution is 1.99. The van der Waals surface area contributed by atoms with Crippen molar-refractivity contribution in [3.8, 4) is 0 Å². The molecule has 0 aromatic carbocycles. The zero-order chi connectivity index (χ0) is 6.15. The molecular formula is C4H9N3O. The van der Waals surface area contributed by atoms with Gasteiger partial charge in [-0.1, -0.05) is 0 Å². The average Bonchev–Trinajstić information content (AvgIpc) is 1.85. The van der Waals surface area contributed by atoms with Crippen LogP contribution < -0.4 is 0 Å². The molecule has 0 unspecified atom stereocenters. The number of hydrogen-bond donors (Lipinski definition) is 1. The number of hydrazone groups is 1. The molecule has 0 fully saturated rings. The van der Waals surface area contributed by atoms with E-state index in [1.54, 1.807) is 19.0 Å². The molecule has 0 amide bonds. The molecule has 0 radical (unpaired) electrons. The molecule has 0 aliphatic carbocycles. The van der Waals surface area contributed by atoms with Gasteiger partial charge in [0.15, 0.2) is 0 Å². The lowest BCUT2D eigenvalue weighted by molar-refractivity contribution is -0.0316. The Morgan fingerprint density at radius 1 is 1.75 bits per heavy atom. The number of amidine groups is 1. The third kappa shape index (κ3) is 0.742. The van der Waals surface area contributed by atoms with Gasteiger partial charge in [0.25, 0.3) is 0 Å². The second-order valence-corrected chi connectivity index (χ2v) is 1.85. The number of hydrogen-bond acceptors (Lipinski definition) is 4. The van der Waals surface area contributed by atoms with Crippen LogP contribution in [0.3, 0.4) is 0 Å². The van der Waals surface area contributed by atoms with E-state index in [0.717, 1.165) is 5.06 Å². The van der Waals surface area contributed by atoms with Crippen molar-refractivity contribution in [2.75, 3.05) is 13.7 Å². The lowest BCUT2D eigenvalue weighted by Crippen LogP contribution is -2.24. The van der Waals surface area contributed by atoms with Gasteiger partial charge >= 0.3 is 0 Å². The first kappa shape index (κ1) is 5.37. The molecule has 1 aliphatic heterocycles. The highest BCUT2D eigenvalue weighted by molar-refractivity contribution is 5.79. The lowest BCUT2D eigenvalue weighted by atomic mass is 10.7. The Morgan fingerprint density at radius 3 is 2.50 bits per heavy atom. The Kier molecular flexibility index (Phi) is 1.09. The van der Waals surface area contributed by atoms with Crippen LogP contribution in [-0.2, 0) is 0 Å². The van der Waals surface area contributed by atoms with Gasteiger partial charge < -0.3 is 0 Å². The molecule has 1 aliphatic rings. The Balaban J connectivity index is 2.59. The summed E-state index contributed by atoms with van der Waals surface area (Å²) >= 11 is 0. The van der Waals surface area contributed by atoms with Crippen molar-refractivity contribution < 1.29 is 5.21 Å². The molecule has 1 heterocycles.